The van der Waals surface area contributed by atoms with E-state index in [4.69, 9.17) is 20.9 Å². The Hall–Kier alpha value is -1.18. The van der Waals surface area contributed by atoms with Crippen LogP contribution >= 0.6 is 0 Å². The highest BCUT2D eigenvalue weighted by Gasteiger charge is 2.44. The third-order valence-electron chi connectivity index (χ3n) is 2.81. The third kappa shape index (κ3) is 3.65. The first-order valence-electron chi connectivity index (χ1n) is 5.44. The van der Waals surface area contributed by atoms with Crippen LogP contribution in [-0.4, -0.2) is 50.8 Å². The maximum atomic E-state index is 11.9. The second kappa shape index (κ2) is 5.95. The first-order valence-corrected chi connectivity index (χ1v) is 5.44. The number of rotatable bonds is 6. The van der Waals surface area contributed by atoms with Crippen LogP contribution in [0, 0.1) is 5.41 Å². The molecule has 5 N–H and O–H groups in total. The smallest absolute Gasteiger partial charge is 0.243 e. The molecule has 2 unspecified atom stereocenters. The van der Waals surface area contributed by atoms with Crippen LogP contribution in [0.2, 0.25) is 0 Å². The molecule has 2 atom stereocenters. The van der Waals surface area contributed by atoms with Crippen molar-refractivity contribution in [1.29, 1.82) is 0 Å². The average molecular weight is 245 g/mol. The fourth-order valence-electron chi connectivity index (χ4n) is 1.53. The quantitative estimate of drug-likeness (QED) is 0.466. The van der Waals surface area contributed by atoms with Crippen molar-refractivity contribution in [3.8, 4) is 0 Å². The van der Waals surface area contributed by atoms with Gasteiger partial charge >= 0.3 is 0 Å². The molecule has 0 aromatic rings. The number of hydrogen-bond donors (Lipinski definition) is 3. The van der Waals surface area contributed by atoms with Crippen molar-refractivity contribution in [2.24, 2.45) is 16.9 Å². The predicted octanol–water partition coefficient (Wildman–Crippen LogP) is -2.03. The summed E-state index contributed by atoms with van der Waals surface area (Å²) in [6, 6.07) is -0.297. The van der Waals surface area contributed by atoms with Gasteiger partial charge in [-0.3, -0.25) is 9.59 Å². The molecular weight excluding hydrogens is 226 g/mol. The van der Waals surface area contributed by atoms with Gasteiger partial charge in [-0.25, -0.2) is 0 Å². The average Bonchev–Trinajstić information content (AvgIpc) is 2.59. The molecule has 7 heteroatoms. The minimum Gasteiger partial charge on any atom is -0.379 e. The van der Waals surface area contributed by atoms with Crippen LogP contribution < -0.4 is 16.8 Å². The first kappa shape index (κ1) is 13.9. The second-order valence-electron chi connectivity index (χ2n) is 4.31. The highest BCUT2D eigenvalue weighted by molar-refractivity contribution is 5.83. The molecule has 1 aliphatic heterocycles. The zero-order valence-electron chi connectivity index (χ0n) is 9.90. The Morgan fingerprint density at radius 1 is 1.59 bits per heavy atom. The van der Waals surface area contributed by atoms with Gasteiger partial charge in [-0.2, -0.15) is 0 Å². The molecule has 7 nitrogen and oxygen atoms in total. The van der Waals surface area contributed by atoms with Gasteiger partial charge in [0, 0.05) is 12.6 Å². The van der Waals surface area contributed by atoms with Gasteiger partial charge in [-0.05, 0) is 6.92 Å². The number of nitrogens with two attached hydrogens (primary N) is 2. The van der Waals surface area contributed by atoms with Gasteiger partial charge in [0.25, 0.3) is 0 Å². The molecule has 1 saturated heterocycles. The van der Waals surface area contributed by atoms with E-state index in [0.29, 0.717) is 19.8 Å². The van der Waals surface area contributed by atoms with E-state index in [0.717, 1.165) is 0 Å². The Balaban J connectivity index is 2.23. The van der Waals surface area contributed by atoms with Gasteiger partial charge < -0.3 is 26.3 Å². The Labute approximate surface area is 99.8 Å². The van der Waals surface area contributed by atoms with E-state index in [1.807, 2.05) is 0 Å². The summed E-state index contributed by atoms with van der Waals surface area (Å²) < 4.78 is 10.1. The van der Waals surface area contributed by atoms with Gasteiger partial charge in [-0.15, -0.1) is 0 Å². The number of hydrogen-bond acceptors (Lipinski definition) is 5. The van der Waals surface area contributed by atoms with Crippen molar-refractivity contribution in [1.82, 2.24) is 5.32 Å². The fraction of sp³-hybridized carbons (Fsp3) is 0.800. The van der Waals surface area contributed by atoms with Crippen LogP contribution in [0.15, 0.2) is 0 Å². The molecule has 1 fully saturated rings. The maximum Gasteiger partial charge on any atom is 0.243 e. The Bertz CT molecular complexity index is 297. The molecular formula is C10H19N3O4. The molecule has 1 rings (SSSR count). The molecule has 2 amide bonds. The largest absolute Gasteiger partial charge is 0.379 e. The molecule has 0 aliphatic carbocycles. The summed E-state index contributed by atoms with van der Waals surface area (Å²) in [5.74, 6) is -0.695. The molecule has 1 heterocycles. The second-order valence-corrected chi connectivity index (χ2v) is 4.31. The van der Waals surface area contributed by atoms with E-state index in [1.165, 1.54) is 0 Å². The van der Waals surface area contributed by atoms with E-state index in [1.54, 1.807) is 6.92 Å². The van der Waals surface area contributed by atoms with Gasteiger partial charge in [0.2, 0.25) is 11.8 Å². The molecule has 98 valence electrons. The molecule has 0 bridgehead atoms. The van der Waals surface area contributed by atoms with E-state index in [9.17, 15) is 9.59 Å². The summed E-state index contributed by atoms with van der Waals surface area (Å²) in [5, 5.41) is 2.69. The summed E-state index contributed by atoms with van der Waals surface area (Å²) in [7, 11) is 0. The zero-order chi connectivity index (χ0) is 12.9. The lowest BCUT2D eigenvalue weighted by Crippen LogP contribution is -2.50. The lowest BCUT2D eigenvalue weighted by atomic mass is 9.85. The van der Waals surface area contributed by atoms with Gasteiger partial charge in [0.1, 0.15) is 6.61 Å². The predicted molar refractivity (Wildman–Crippen MR) is 59.9 cm³/mol. The van der Waals surface area contributed by atoms with Crippen molar-refractivity contribution in [2.45, 2.75) is 13.0 Å². The molecule has 0 radical (unpaired) electrons. The summed E-state index contributed by atoms with van der Waals surface area (Å²) in [6.07, 6.45) is 0. The van der Waals surface area contributed by atoms with Crippen molar-refractivity contribution < 1.29 is 19.1 Å². The topological polar surface area (TPSA) is 117 Å². The van der Waals surface area contributed by atoms with Crippen molar-refractivity contribution >= 4 is 11.8 Å². The number of carbonyl (C=O) groups is 2. The molecule has 1 aliphatic rings. The summed E-state index contributed by atoms with van der Waals surface area (Å²) in [4.78, 5) is 22.2. The summed E-state index contributed by atoms with van der Waals surface area (Å²) in [5.41, 5.74) is 10.0. The van der Waals surface area contributed by atoms with E-state index in [2.05, 4.69) is 5.32 Å². The van der Waals surface area contributed by atoms with E-state index < -0.39 is 11.3 Å². The summed E-state index contributed by atoms with van der Waals surface area (Å²) in [6.45, 7) is 2.89. The minimum absolute atomic E-state index is 0.143. The Kier molecular flexibility index (Phi) is 4.86. The molecule has 0 saturated carbocycles. The molecule has 17 heavy (non-hydrogen) atoms. The van der Waals surface area contributed by atoms with Crippen molar-refractivity contribution in [2.75, 3.05) is 33.0 Å². The van der Waals surface area contributed by atoms with Crippen LogP contribution in [0.4, 0.5) is 0 Å². The maximum absolute atomic E-state index is 11.9. The zero-order valence-corrected chi connectivity index (χ0v) is 9.90. The van der Waals surface area contributed by atoms with Crippen molar-refractivity contribution in [3.63, 3.8) is 0 Å². The van der Waals surface area contributed by atoms with Crippen LogP contribution in [0.5, 0.6) is 0 Å². The number of ether oxygens (including phenoxy) is 2. The van der Waals surface area contributed by atoms with Crippen molar-refractivity contribution in [3.05, 3.63) is 0 Å². The number of carbonyl (C=O) groups excluding carboxylic acids is 2. The Morgan fingerprint density at radius 2 is 2.29 bits per heavy atom. The fourth-order valence-corrected chi connectivity index (χ4v) is 1.53. The summed E-state index contributed by atoms with van der Waals surface area (Å²) >= 11 is 0. The molecule has 0 aromatic carbocycles. The normalized spacial score (nSPS) is 28.0. The van der Waals surface area contributed by atoms with E-state index in [-0.39, 0.29) is 25.2 Å². The van der Waals surface area contributed by atoms with Gasteiger partial charge in [0.05, 0.1) is 25.2 Å². The molecule has 0 spiro atoms. The monoisotopic (exact) mass is 245 g/mol. The number of amides is 2. The first-order chi connectivity index (χ1) is 7.97. The van der Waals surface area contributed by atoms with Gasteiger partial charge in [-0.1, -0.05) is 0 Å². The number of nitrogens with one attached hydrogen (secondary N) is 1. The standard InChI is InChI=1S/C10H19N3O4/c1-10(6-17-4-7(10)11)9(15)13-2-3-16-5-8(12)14/h7H,2-6,11H2,1H3,(H2,12,14)(H,13,15). The third-order valence-corrected chi connectivity index (χ3v) is 2.81. The van der Waals surface area contributed by atoms with Crippen LogP contribution in [-0.2, 0) is 19.1 Å². The lowest BCUT2D eigenvalue weighted by Gasteiger charge is -2.25. The minimum atomic E-state index is -0.691. The van der Waals surface area contributed by atoms with E-state index >= 15 is 0 Å². The molecule has 0 aromatic heterocycles. The van der Waals surface area contributed by atoms with Gasteiger partial charge in [0.15, 0.2) is 0 Å². The lowest BCUT2D eigenvalue weighted by molar-refractivity contribution is -0.130. The van der Waals surface area contributed by atoms with Crippen LogP contribution in [0.3, 0.4) is 0 Å². The highest BCUT2D eigenvalue weighted by Crippen LogP contribution is 2.26. The number of primary amides is 1. The highest BCUT2D eigenvalue weighted by atomic mass is 16.5. The Morgan fingerprint density at radius 3 is 2.82 bits per heavy atom. The SMILES string of the molecule is CC1(C(=O)NCCOCC(N)=O)COCC1N. The van der Waals surface area contributed by atoms with Crippen LogP contribution in [0.1, 0.15) is 6.92 Å². The van der Waals surface area contributed by atoms with Crippen LogP contribution in [0.25, 0.3) is 0 Å².